The molecule has 0 aliphatic rings. The number of ether oxygens (including phenoxy) is 1. The molecule has 0 amide bonds. The number of methoxy groups -OCH3 is 1. The summed E-state index contributed by atoms with van der Waals surface area (Å²) in [5.41, 5.74) is 0.622. The molecule has 2 rings (SSSR count). The van der Waals surface area contributed by atoms with Gasteiger partial charge in [-0.15, -0.1) is 11.8 Å². The fraction of sp³-hybridized carbons (Fsp3) is 0.250. The maximum absolute atomic E-state index is 14.3. The van der Waals surface area contributed by atoms with E-state index in [1.54, 1.807) is 23.9 Å². The summed E-state index contributed by atoms with van der Waals surface area (Å²) in [6.07, 6.45) is 0. The molecule has 0 fully saturated rings. The van der Waals surface area contributed by atoms with E-state index in [9.17, 15) is 4.39 Å². The second kappa shape index (κ2) is 7.82. The van der Waals surface area contributed by atoms with E-state index in [1.807, 2.05) is 37.4 Å². The van der Waals surface area contributed by atoms with Gasteiger partial charge in [0.15, 0.2) is 11.6 Å². The van der Waals surface area contributed by atoms with Crippen LogP contribution in [0.3, 0.4) is 0 Å². The molecule has 2 aromatic rings. The fourth-order valence-electron chi connectivity index (χ4n) is 2.02. The van der Waals surface area contributed by atoms with Crippen LogP contribution in [0.4, 0.5) is 4.39 Å². The van der Waals surface area contributed by atoms with Crippen molar-refractivity contribution in [3.8, 4) is 5.75 Å². The Kier molecular flexibility index (Phi) is 6.08. The highest BCUT2D eigenvalue weighted by atomic mass is 79.9. The highest BCUT2D eigenvalue weighted by Crippen LogP contribution is 2.32. The number of benzene rings is 2. The van der Waals surface area contributed by atoms with Gasteiger partial charge < -0.3 is 10.1 Å². The molecule has 0 spiro atoms. The van der Waals surface area contributed by atoms with E-state index in [0.717, 1.165) is 15.1 Å². The van der Waals surface area contributed by atoms with Crippen LogP contribution < -0.4 is 10.1 Å². The molecule has 0 bridgehead atoms. The Balaban J connectivity index is 2.16. The number of nitrogens with one attached hydrogen (secondary N) is 1. The molecule has 2 aromatic carbocycles. The predicted octanol–water partition coefficient (Wildman–Crippen LogP) is 4.65. The zero-order valence-electron chi connectivity index (χ0n) is 11.9. The minimum absolute atomic E-state index is 0.0859. The monoisotopic (exact) mass is 369 g/mol. The van der Waals surface area contributed by atoms with Crippen LogP contribution in [-0.4, -0.2) is 19.9 Å². The van der Waals surface area contributed by atoms with Crippen LogP contribution in [0.25, 0.3) is 0 Å². The Morgan fingerprint density at radius 3 is 2.67 bits per heavy atom. The first kappa shape index (κ1) is 16.3. The highest BCUT2D eigenvalue weighted by molar-refractivity contribution is 9.10. The SMILES string of the molecule is CNC(CSc1ccccc1Br)c1cccc(OC)c1F. The molecule has 0 saturated heterocycles. The molecule has 112 valence electrons. The summed E-state index contributed by atoms with van der Waals surface area (Å²) in [5, 5.41) is 3.17. The standard InChI is InChI=1S/C16H17BrFNOS/c1-19-13(10-21-15-9-4-3-7-12(15)17)11-6-5-8-14(20-2)16(11)18/h3-9,13,19H,10H2,1-2H3. The van der Waals surface area contributed by atoms with Crippen molar-refractivity contribution in [2.24, 2.45) is 0 Å². The lowest BCUT2D eigenvalue weighted by Crippen LogP contribution is -2.20. The third kappa shape index (κ3) is 3.99. The van der Waals surface area contributed by atoms with Gasteiger partial charge in [-0.1, -0.05) is 24.3 Å². The number of hydrogen-bond acceptors (Lipinski definition) is 3. The van der Waals surface area contributed by atoms with Gasteiger partial charge in [0.1, 0.15) is 0 Å². The Labute approximate surface area is 137 Å². The molecule has 0 aliphatic heterocycles. The average Bonchev–Trinajstić information content (AvgIpc) is 2.51. The smallest absolute Gasteiger partial charge is 0.169 e. The average molecular weight is 370 g/mol. The van der Waals surface area contributed by atoms with Crippen molar-refractivity contribution in [3.05, 3.63) is 58.3 Å². The van der Waals surface area contributed by atoms with E-state index in [1.165, 1.54) is 7.11 Å². The summed E-state index contributed by atoms with van der Waals surface area (Å²) in [4.78, 5) is 1.14. The van der Waals surface area contributed by atoms with Gasteiger partial charge >= 0.3 is 0 Å². The fourth-order valence-corrected chi connectivity index (χ4v) is 3.72. The van der Waals surface area contributed by atoms with Crippen LogP contribution in [-0.2, 0) is 0 Å². The van der Waals surface area contributed by atoms with Crippen molar-refractivity contribution in [2.45, 2.75) is 10.9 Å². The molecular formula is C16H17BrFNOS. The van der Waals surface area contributed by atoms with E-state index in [2.05, 4.69) is 21.2 Å². The third-order valence-corrected chi connectivity index (χ3v) is 5.30. The summed E-state index contributed by atoms with van der Waals surface area (Å²) in [5.74, 6) is 0.703. The van der Waals surface area contributed by atoms with Crippen LogP contribution in [0.2, 0.25) is 0 Å². The molecule has 1 atom stereocenters. The van der Waals surface area contributed by atoms with Crippen molar-refractivity contribution in [1.29, 1.82) is 0 Å². The lowest BCUT2D eigenvalue weighted by atomic mass is 10.1. The summed E-state index contributed by atoms with van der Waals surface area (Å²) in [7, 11) is 3.32. The van der Waals surface area contributed by atoms with Gasteiger partial charge in [-0.05, 0) is 41.2 Å². The number of thioether (sulfide) groups is 1. The van der Waals surface area contributed by atoms with Gasteiger partial charge in [0.05, 0.1) is 7.11 Å². The van der Waals surface area contributed by atoms with E-state index >= 15 is 0 Å². The minimum atomic E-state index is -0.299. The minimum Gasteiger partial charge on any atom is -0.494 e. The first-order valence-electron chi connectivity index (χ1n) is 6.54. The maximum Gasteiger partial charge on any atom is 0.169 e. The second-order valence-electron chi connectivity index (χ2n) is 4.45. The lowest BCUT2D eigenvalue weighted by molar-refractivity contribution is 0.381. The molecule has 21 heavy (non-hydrogen) atoms. The van der Waals surface area contributed by atoms with Gasteiger partial charge in [-0.25, -0.2) is 4.39 Å². The number of halogens is 2. The van der Waals surface area contributed by atoms with Crippen LogP contribution >= 0.6 is 27.7 Å². The normalized spacial score (nSPS) is 12.2. The summed E-state index contributed by atoms with van der Waals surface area (Å²) in [6.45, 7) is 0. The Hall–Kier alpha value is -1.04. The van der Waals surface area contributed by atoms with Crippen LogP contribution in [0.15, 0.2) is 51.8 Å². The third-order valence-electron chi connectivity index (χ3n) is 3.18. The molecule has 0 aliphatic carbocycles. The molecule has 1 N–H and O–H groups in total. The summed E-state index contributed by atoms with van der Waals surface area (Å²) >= 11 is 5.21. The van der Waals surface area contributed by atoms with Crippen molar-refractivity contribution < 1.29 is 9.13 Å². The Morgan fingerprint density at radius 2 is 2.00 bits per heavy atom. The largest absolute Gasteiger partial charge is 0.494 e. The van der Waals surface area contributed by atoms with Crippen LogP contribution in [0.1, 0.15) is 11.6 Å². The first-order chi connectivity index (χ1) is 10.2. The number of hydrogen-bond donors (Lipinski definition) is 1. The summed E-state index contributed by atoms with van der Waals surface area (Å²) < 4.78 is 20.4. The Morgan fingerprint density at radius 1 is 1.24 bits per heavy atom. The zero-order valence-corrected chi connectivity index (χ0v) is 14.3. The van der Waals surface area contributed by atoms with Gasteiger partial charge in [0.25, 0.3) is 0 Å². The van der Waals surface area contributed by atoms with Gasteiger partial charge in [-0.2, -0.15) is 0 Å². The molecule has 2 nitrogen and oxygen atoms in total. The van der Waals surface area contributed by atoms with Gasteiger partial charge in [0.2, 0.25) is 0 Å². The topological polar surface area (TPSA) is 21.3 Å². The molecule has 0 saturated carbocycles. The summed E-state index contributed by atoms with van der Waals surface area (Å²) in [6, 6.07) is 13.2. The van der Waals surface area contributed by atoms with E-state index < -0.39 is 0 Å². The predicted molar refractivity (Wildman–Crippen MR) is 89.6 cm³/mol. The van der Waals surface area contributed by atoms with Crippen LogP contribution in [0.5, 0.6) is 5.75 Å². The molecule has 0 heterocycles. The second-order valence-corrected chi connectivity index (χ2v) is 6.36. The van der Waals surface area contributed by atoms with E-state index in [-0.39, 0.29) is 17.6 Å². The molecule has 0 aromatic heterocycles. The quantitative estimate of drug-likeness (QED) is 0.748. The van der Waals surface area contributed by atoms with Gasteiger partial charge in [0, 0.05) is 26.7 Å². The first-order valence-corrected chi connectivity index (χ1v) is 8.32. The Bertz CT molecular complexity index is 609. The van der Waals surface area contributed by atoms with Crippen LogP contribution in [0, 0.1) is 5.82 Å². The maximum atomic E-state index is 14.3. The number of rotatable bonds is 6. The van der Waals surface area contributed by atoms with E-state index in [0.29, 0.717) is 5.56 Å². The molecule has 1 unspecified atom stereocenters. The zero-order chi connectivity index (χ0) is 15.2. The van der Waals surface area contributed by atoms with Gasteiger partial charge in [-0.3, -0.25) is 0 Å². The molecular weight excluding hydrogens is 353 g/mol. The van der Waals surface area contributed by atoms with Crippen molar-refractivity contribution >= 4 is 27.7 Å². The van der Waals surface area contributed by atoms with Crippen molar-refractivity contribution in [1.82, 2.24) is 5.32 Å². The molecule has 0 radical (unpaired) electrons. The van der Waals surface area contributed by atoms with Crippen molar-refractivity contribution in [2.75, 3.05) is 19.9 Å². The van der Waals surface area contributed by atoms with E-state index in [4.69, 9.17) is 4.74 Å². The lowest BCUT2D eigenvalue weighted by Gasteiger charge is -2.18. The van der Waals surface area contributed by atoms with Crippen molar-refractivity contribution in [3.63, 3.8) is 0 Å². The highest BCUT2D eigenvalue weighted by Gasteiger charge is 2.17. The molecule has 5 heteroatoms.